The van der Waals surface area contributed by atoms with E-state index in [0.29, 0.717) is 32.4 Å². The van der Waals surface area contributed by atoms with Gasteiger partial charge in [-0.3, -0.25) is 29.1 Å². The Balaban J connectivity index is 0.00000101. The van der Waals surface area contributed by atoms with Crippen molar-refractivity contribution in [3.05, 3.63) is 24.3 Å². The van der Waals surface area contributed by atoms with E-state index < -0.39 is 12.1 Å². The van der Waals surface area contributed by atoms with Gasteiger partial charge in [-0.1, -0.05) is 0 Å². The molecule has 1 aromatic rings. The first-order valence-electron chi connectivity index (χ1n) is 9.80. The van der Waals surface area contributed by atoms with Crippen LogP contribution >= 0.6 is 0 Å². The minimum absolute atomic E-state index is 0.0561. The fourth-order valence-electron chi connectivity index (χ4n) is 3.60. The van der Waals surface area contributed by atoms with Gasteiger partial charge in [0.1, 0.15) is 0 Å². The second-order valence-corrected chi connectivity index (χ2v) is 7.18. The molecule has 30 heavy (non-hydrogen) atoms. The summed E-state index contributed by atoms with van der Waals surface area (Å²) in [6.07, 6.45) is 6.11. The Morgan fingerprint density at radius 1 is 1.33 bits per heavy atom. The van der Waals surface area contributed by atoms with Crippen LogP contribution in [0.1, 0.15) is 31.4 Å². The van der Waals surface area contributed by atoms with Crippen LogP contribution in [0.2, 0.25) is 0 Å². The monoisotopic (exact) mass is 421 g/mol. The Morgan fingerprint density at radius 3 is 2.80 bits per heavy atom. The zero-order valence-electron chi connectivity index (χ0n) is 16.6. The van der Waals surface area contributed by atoms with E-state index in [0.717, 1.165) is 12.1 Å². The molecule has 2 aliphatic rings. The number of carbonyl (C=O) groups is 4. The van der Waals surface area contributed by atoms with Crippen molar-refractivity contribution in [2.24, 2.45) is 5.92 Å². The van der Waals surface area contributed by atoms with E-state index in [1.165, 1.54) is 0 Å². The van der Waals surface area contributed by atoms with Crippen LogP contribution in [0.4, 0.5) is 0 Å². The normalized spacial score (nSPS) is 23.4. The minimum atomic E-state index is -0.764. The largest absolute Gasteiger partial charge is 0.483 e. The van der Waals surface area contributed by atoms with Gasteiger partial charge in [0.05, 0.1) is 24.4 Å². The van der Waals surface area contributed by atoms with Crippen LogP contribution < -0.4 is 10.6 Å². The highest BCUT2D eigenvalue weighted by molar-refractivity contribution is 5.86. The molecule has 11 heteroatoms. The van der Waals surface area contributed by atoms with Crippen molar-refractivity contribution in [2.75, 3.05) is 19.6 Å². The molecule has 0 unspecified atom stereocenters. The Bertz CT molecular complexity index is 731. The summed E-state index contributed by atoms with van der Waals surface area (Å²) >= 11 is 0. The lowest BCUT2D eigenvalue weighted by atomic mass is 10.1. The van der Waals surface area contributed by atoms with E-state index in [1.807, 2.05) is 0 Å². The molecule has 1 aromatic heterocycles. The molecule has 0 spiro atoms. The molecule has 3 rings (SSSR count). The molecular weight excluding hydrogens is 394 g/mol. The van der Waals surface area contributed by atoms with E-state index in [2.05, 4.69) is 20.6 Å². The van der Waals surface area contributed by atoms with Crippen LogP contribution in [0.15, 0.2) is 18.6 Å². The average Bonchev–Trinajstić information content (AvgIpc) is 2.95. The Hall–Kier alpha value is -3.08. The van der Waals surface area contributed by atoms with Gasteiger partial charge in [0.25, 0.3) is 6.47 Å². The van der Waals surface area contributed by atoms with Crippen molar-refractivity contribution < 1.29 is 29.4 Å². The van der Waals surface area contributed by atoms with Crippen molar-refractivity contribution in [2.45, 2.75) is 44.2 Å². The highest BCUT2D eigenvalue weighted by atomic mass is 16.3. The van der Waals surface area contributed by atoms with E-state index in [9.17, 15) is 19.5 Å². The van der Waals surface area contributed by atoms with Crippen molar-refractivity contribution in [3.8, 4) is 0 Å². The smallest absolute Gasteiger partial charge is 0.290 e. The number of aromatic nitrogens is 2. The summed E-state index contributed by atoms with van der Waals surface area (Å²) in [7, 11) is 0. The molecule has 1 aliphatic heterocycles. The number of hydrogen-bond donors (Lipinski definition) is 4. The Labute approximate surface area is 173 Å². The average molecular weight is 421 g/mol. The predicted octanol–water partition coefficient (Wildman–Crippen LogP) is -1.29. The highest BCUT2D eigenvalue weighted by Gasteiger charge is 2.39. The number of nitrogens with one attached hydrogen (secondary N) is 2. The SMILES string of the molecule is O=C1CN(C(=O)[C@H]2C[C@H](NC(=O)CCc3cnccn3)[C@@H](O)C2)CCCN1.O=CO. The number of carboxylic acid groups (broad SMARTS) is 1. The molecule has 164 valence electrons. The number of aliphatic hydroxyl groups is 1. The first-order chi connectivity index (χ1) is 14.4. The summed E-state index contributed by atoms with van der Waals surface area (Å²) in [6, 6.07) is -0.450. The van der Waals surface area contributed by atoms with Gasteiger partial charge in [-0.05, 0) is 25.7 Å². The van der Waals surface area contributed by atoms with Crippen LogP contribution in [-0.2, 0) is 25.6 Å². The van der Waals surface area contributed by atoms with Gasteiger partial charge in [-0.15, -0.1) is 0 Å². The number of aryl methyl sites for hydroxylation is 1. The molecule has 1 aliphatic carbocycles. The molecule has 4 N–H and O–H groups in total. The lowest BCUT2D eigenvalue weighted by Gasteiger charge is -2.22. The molecule has 3 atom stereocenters. The fourth-order valence-corrected chi connectivity index (χ4v) is 3.60. The van der Waals surface area contributed by atoms with Gasteiger partial charge in [0.15, 0.2) is 0 Å². The van der Waals surface area contributed by atoms with Crippen molar-refractivity contribution in [3.63, 3.8) is 0 Å². The molecule has 1 saturated carbocycles. The van der Waals surface area contributed by atoms with Crippen LogP contribution in [-0.4, -0.2) is 81.1 Å². The van der Waals surface area contributed by atoms with E-state index >= 15 is 0 Å². The molecule has 1 saturated heterocycles. The predicted molar refractivity (Wildman–Crippen MR) is 104 cm³/mol. The topological polar surface area (TPSA) is 162 Å². The molecule has 0 aromatic carbocycles. The second kappa shape index (κ2) is 11.8. The first-order valence-corrected chi connectivity index (χ1v) is 9.80. The third-order valence-corrected chi connectivity index (χ3v) is 5.02. The Morgan fingerprint density at radius 2 is 2.10 bits per heavy atom. The summed E-state index contributed by atoms with van der Waals surface area (Å²) < 4.78 is 0. The lowest BCUT2D eigenvalue weighted by molar-refractivity contribution is -0.138. The standard InChI is InChI=1S/C18H25N5O4.CH2O2/c24-15-9-12(18(27)23-7-1-4-21-17(26)11-23)8-14(15)22-16(25)3-2-13-10-19-5-6-20-13;2-1-3/h5-6,10,12,14-15,24H,1-4,7-9,11H2,(H,21,26)(H,22,25);1H,(H,2,3)/t12-,14-,15-;/m0./s1. The zero-order valence-corrected chi connectivity index (χ0v) is 16.6. The maximum atomic E-state index is 12.7. The van der Waals surface area contributed by atoms with E-state index in [-0.39, 0.29) is 43.1 Å². The molecule has 3 amide bonds. The summed E-state index contributed by atoms with van der Waals surface area (Å²) in [5.74, 6) is -0.848. The zero-order chi connectivity index (χ0) is 21.9. The van der Waals surface area contributed by atoms with E-state index in [4.69, 9.17) is 9.90 Å². The second-order valence-electron chi connectivity index (χ2n) is 7.18. The van der Waals surface area contributed by atoms with Crippen molar-refractivity contribution in [1.29, 1.82) is 0 Å². The molecule has 0 radical (unpaired) electrons. The van der Waals surface area contributed by atoms with Crippen LogP contribution in [0.5, 0.6) is 0 Å². The summed E-state index contributed by atoms with van der Waals surface area (Å²) in [4.78, 5) is 54.5. The highest BCUT2D eigenvalue weighted by Crippen LogP contribution is 2.28. The van der Waals surface area contributed by atoms with Gasteiger partial charge in [0.2, 0.25) is 17.7 Å². The van der Waals surface area contributed by atoms with Gasteiger partial charge >= 0.3 is 0 Å². The summed E-state index contributed by atoms with van der Waals surface area (Å²) in [5.41, 5.74) is 0.729. The lowest BCUT2D eigenvalue weighted by Crippen LogP contribution is -2.41. The number of amides is 3. The maximum absolute atomic E-state index is 12.7. The number of aliphatic hydroxyl groups excluding tert-OH is 1. The number of carbonyl (C=O) groups excluding carboxylic acids is 3. The van der Waals surface area contributed by atoms with Crippen LogP contribution in [0.25, 0.3) is 0 Å². The van der Waals surface area contributed by atoms with Gasteiger partial charge in [0, 0.05) is 44.0 Å². The summed E-state index contributed by atoms with van der Waals surface area (Å²) in [6.45, 7) is 0.903. The third-order valence-electron chi connectivity index (χ3n) is 5.02. The van der Waals surface area contributed by atoms with Crippen molar-refractivity contribution >= 4 is 24.2 Å². The molecule has 2 fully saturated rings. The van der Waals surface area contributed by atoms with Gasteiger partial charge < -0.3 is 25.7 Å². The minimum Gasteiger partial charge on any atom is -0.483 e. The van der Waals surface area contributed by atoms with Gasteiger partial charge in [-0.2, -0.15) is 0 Å². The molecule has 0 bridgehead atoms. The number of hydrogen-bond acceptors (Lipinski definition) is 7. The quantitative estimate of drug-likeness (QED) is 0.427. The van der Waals surface area contributed by atoms with Crippen LogP contribution in [0.3, 0.4) is 0 Å². The van der Waals surface area contributed by atoms with Crippen LogP contribution in [0, 0.1) is 5.92 Å². The molecule has 11 nitrogen and oxygen atoms in total. The maximum Gasteiger partial charge on any atom is 0.290 e. The van der Waals surface area contributed by atoms with Gasteiger partial charge in [-0.25, -0.2) is 0 Å². The number of rotatable bonds is 5. The summed E-state index contributed by atoms with van der Waals surface area (Å²) in [5, 5.41) is 22.7. The van der Waals surface area contributed by atoms with Crippen molar-refractivity contribution in [1.82, 2.24) is 25.5 Å². The molecular formula is C19H27N5O6. The first kappa shape index (κ1) is 23.2. The number of nitrogens with zero attached hydrogens (tertiary/aromatic N) is 3. The third kappa shape index (κ3) is 7.07. The van der Waals surface area contributed by atoms with E-state index in [1.54, 1.807) is 23.5 Å². The Kier molecular flexibility index (Phi) is 9.13. The molecule has 2 heterocycles. The fraction of sp³-hybridized carbons (Fsp3) is 0.579.